The van der Waals surface area contributed by atoms with Gasteiger partial charge >= 0.3 is 17.9 Å². The van der Waals surface area contributed by atoms with Gasteiger partial charge in [-0.2, -0.15) is 0 Å². The van der Waals surface area contributed by atoms with E-state index >= 15 is 0 Å². The molecule has 0 N–H and O–H groups in total. The first-order valence-corrected chi connectivity index (χ1v) is 34.3. The molecule has 76 heavy (non-hydrogen) atoms. The summed E-state index contributed by atoms with van der Waals surface area (Å²) in [5.74, 6) is -0.848. The second-order valence-corrected chi connectivity index (χ2v) is 23.4. The molecule has 0 rings (SSSR count). The van der Waals surface area contributed by atoms with E-state index in [-0.39, 0.29) is 31.1 Å². The Kier molecular flexibility index (Phi) is 63.6. The normalized spacial score (nSPS) is 12.1. The quantitative estimate of drug-likeness (QED) is 0.0261. The molecule has 0 aliphatic rings. The third kappa shape index (κ3) is 62.7. The minimum atomic E-state index is -0.771. The minimum Gasteiger partial charge on any atom is -0.462 e. The van der Waals surface area contributed by atoms with Crippen molar-refractivity contribution in [2.75, 3.05) is 13.2 Å². The number of hydrogen-bond donors (Lipinski definition) is 0. The van der Waals surface area contributed by atoms with Gasteiger partial charge in [0, 0.05) is 19.3 Å². The van der Waals surface area contributed by atoms with Crippen LogP contribution in [-0.2, 0) is 28.6 Å². The molecular weight excluding hydrogens is 937 g/mol. The Labute approximate surface area is 474 Å². The molecule has 0 radical (unpaired) electrons. The van der Waals surface area contributed by atoms with E-state index in [1.54, 1.807) is 0 Å². The summed E-state index contributed by atoms with van der Waals surface area (Å²) in [6.45, 7) is 6.68. The van der Waals surface area contributed by atoms with E-state index in [2.05, 4.69) is 45.1 Å². The second-order valence-electron chi connectivity index (χ2n) is 23.4. The molecular formula is C70H132O6. The molecule has 0 saturated carbocycles. The monoisotopic (exact) mass is 1070 g/mol. The Morgan fingerprint density at radius 3 is 0.684 bits per heavy atom. The van der Waals surface area contributed by atoms with Crippen molar-refractivity contribution in [2.24, 2.45) is 0 Å². The van der Waals surface area contributed by atoms with Gasteiger partial charge in [-0.25, -0.2) is 0 Å². The number of hydrogen-bond acceptors (Lipinski definition) is 6. The predicted molar refractivity (Wildman–Crippen MR) is 330 cm³/mol. The lowest BCUT2D eigenvalue weighted by atomic mass is 10.0. The lowest BCUT2D eigenvalue weighted by molar-refractivity contribution is -0.167. The standard InChI is InChI=1S/C70H132O6/c1-4-7-10-13-16-19-22-25-27-29-31-32-33-34-35-36-37-38-40-41-43-45-48-51-54-57-60-63-69(72)75-66-67(65-74-68(71)62-59-56-53-50-47-24-21-18-15-12-9-6-3)76-70(73)64-61-58-55-52-49-46-44-42-39-30-28-26-23-20-17-14-11-8-5-2/h18,21,29,31,67H,4-17,19-20,22-28,30,32-66H2,1-3H3/b21-18-,31-29-. The molecule has 0 aliphatic heterocycles. The van der Waals surface area contributed by atoms with E-state index in [1.807, 2.05) is 0 Å². The zero-order chi connectivity index (χ0) is 55.0. The molecule has 0 bridgehead atoms. The highest BCUT2D eigenvalue weighted by Crippen LogP contribution is 2.18. The maximum atomic E-state index is 12.9. The molecule has 1 unspecified atom stereocenters. The third-order valence-corrected chi connectivity index (χ3v) is 15.7. The fourth-order valence-corrected chi connectivity index (χ4v) is 10.5. The second kappa shape index (κ2) is 65.4. The van der Waals surface area contributed by atoms with Gasteiger partial charge < -0.3 is 14.2 Å². The van der Waals surface area contributed by atoms with Crippen LogP contribution in [0.25, 0.3) is 0 Å². The van der Waals surface area contributed by atoms with Crippen LogP contribution in [-0.4, -0.2) is 37.2 Å². The van der Waals surface area contributed by atoms with Gasteiger partial charge in [0.2, 0.25) is 0 Å². The van der Waals surface area contributed by atoms with Crippen LogP contribution in [0.5, 0.6) is 0 Å². The average Bonchev–Trinajstić information content (AvgIpc) is 3.42. The van der Waals surface area contributed by atoms with E-state index < -0.39 is 6.10 Å². The van der Waals surface area contributed by atoms with Gasteiger partial charge in [-0.3, -0.25) is 14.4 Å². The van der Waals surface area contributed by atoms with E-state index in [0.717, 1.165) is 64.2 Å². The topological polar surface area (TPSA) is 78.9 Å². The van der Waals surface area contributed by atoms with Gasteiger partial charge in [0.05, 0.1) is 0 Å². The van der Waals surface area contributed by atoms with Crippen molar-refractivity contribution in [3.8, 4) is 0 Å². The molecule has 6 heteroatoms. The Morgan fingerprint density at radius 2 is 0.434 bits per heavy atom. The van der Waals surface area contributed by atoms with Gasteiger partial charge in [0.1, 0.15) is 13.2 Å². The van der Waals surface area contributed by atoms with Crippen molar-refractivity contribution in [1.82, 2.24) is 0 Å². The Morgan fingerprint density at radius 1 is 0.250 bits per heavy atom. The van der Waals surface area contributed by atoms with Gasteiger partial charge in [-0.1, -0.05) is 321 Å². The van der Waals surface area contributed by atoms with Crippen LogP contribution in [0, 0.1) is 0 Å². The summed E-state index contributed by atoms with van der Waals surface area (Å²) in [7, 11) is 0. The van der Waals surface area contributed by atoms with Gasteiger partial charge in [-0.15, -0.1) is 0 Å². The average molecular weight is 1070 g/mol. The number of allylic oxidation sites excluding steroid dienone is 4. The SMILES string of the molecule is CCCCC/C=C\CCCCCCCC(=O)OCC(COC(=O)CCCCCCCCCCCCCCCCC/C=C\CCCCCCCCCC)OC(=O)CCCCCCCCCCCCCCCCCCCCC. The molecule has 0 spiro atoms. The zero-order valence-corrected chi connectivity index (χ0v) is 51.6. The number of ether oxygens (including phenoxy) is 3. The van der Waals surface area contributed by atoms with Crippen molar-refractivity contribution in [3.05, 3.63) is 24.3 Å². The molecule has 0 saturated heterocycles. The predicted octanol–water partition coefficient (Wildman–Crippen LogP) is 23.4. The van der Waals surface area contributed by atoms with Crippen molar-refractivity contribution in [2.45, 2.75) is 393 Å². The minimum absolute atomic E-state index is 0.0680. The molecule has 0 aliphatic carbocycles. The number of rotatable bonds is 64. The zero-order valence-electron chi connectivity index (χ0n) is 51.6. The smallest absolute Gasteiger partial charge is 0.306 e. The lowest BCUT2D eigenvalue weighted by Gasteiger charge is -2.18. The maximum absolute atomic E-state index is 12.9. The van der Waals surface area contributed by atoms with Crippen LogP contribution in [0.3, 0.4) is 0 Å². The highest BCUT2D eigenvalue weighted by atomic mass is 16.6. The first-order chi connectivity index (χ1) is 37.5. The Balaban J connectivity index is 4.18. The maximum Gasteiger partial charge on any atom is 0.306 e. The fourth-order valence-electron chi connectivity index (χ4n) is 10.5. The number of unbranched alkanes of at least 4 members (excludes halogenated alkanes) is 49. The molecule has 6 nitrogen and oxygen atoms in total. The van der Waals surface area contributed by atoms with Crippen molar-refractivity contribution >= 4 is 17.9 Å². The Bertz CT molecular complexity index is 1230. The molecule has 0 fully saturated rings. The summed E-state index contributed by atoms with van der Waals surface area (Å²) < 4.78 is 17.0. The molecule has 0 amide bonds. The molecule has 0 aromatic rings. The highest BCUT2D eigenvalue weighted by Gasteiger charge is 2.19. The summed E-state index contributed by atoms with van der Waals surface area (Å²) in [4.78, 5) is 38.3. The van der Waals surface area contributed by atoms with Gasteiger partial charge in [0.15, 0.2) is 6.10 Å². The van der Waals surface area contributed by atoms with Gasteiger partial charge in [-0.05, 0) is 70.6 Å². The summed E-state index contributed by atoms with van der Waals surface area (Å²) >= 11 is 0. The molecule has 0 aromatic heterocycles. The summed E-state index contributed by atoms with van der Waals surface area (Å²) in [5.41, 5.74) is 0. The van der Waals surface area contributed by atoms with Crippen LogP contribution in [0.4, 0.5) is 0 Å². The number of carbonyl (C=O) groups is 3. The number of carbonyl (C=O) groups excluding carboxylic acids is 3. The van der Waals surface area contributed by atoms with Crippen LogP contribution >= 0.6 is 0 Å². The third-order valence-electron chi connectivity index (χ3n) is 15.7. The van der Waals surface area contributed by atoms with Gasteiger partial charge in [0.25, 0.3) is 0 Å². The summed E-state index contributed by atoms with van der Waals surface area (Å²) in [5, 5.41) is 0. The fraction of sp³-hybridized carbons (Fsp3) is 0.900. The Hall–Kier alpha value is -2.11. The van der Waals surface area contributed by atoms with E-state index in [4.69, 9.17) is 14.2 Å². The van der Waals surface area contributed by atoms with Crippen molar-refractivity contribution < 1.29 is 28.6 Å². The van der Waals surface area contributed by atoms with E-state index in [1.165, 1.54) is 283 Å². The summed E-state index contributed by atoms with van der Waals surface area (Å²) in [6.07, 6.45) is 79.2. The summed E-state index contributed by atoms with van der Waals surface area (Å²) in [6, 6.07) is 0. The van der Waals surface area contributed by atoms with Crippen molar-refractivity contribution in [3.63, 3.8) is 0 Å². The molecule has 448 valence electrons. The van der Waals surface area contributed by atoms with Crippen LogP contribution in [0.2, 0.25) is 0 Å². The molecule has 1 atom stereocenters. The molecule has 0 heterocycles. The lowest BCUT2D eigenvalue weighted by Crippen LogP contribution is -2.30. The first-order valence-electron chi connectivity index (χ1n) is 34.3. The van der Waals surface area contributed by atoms with E-state index in [0.29, 0.717) is 19.3 Å². The van der Waals surface area contributed by atoms with E-state index in [9.17, 15) is 14.4 Å². The number of esters is 3. The highest BCUT2D eigenvalue weighted by molar-refractivity contribution is 5.71. The van der Waals surface area contributed by atoms with Crippen LogP contribution in [0.1, 0.15) is 387 Å². The van der Waals surface area contributed by atoms with Crippen LogP contribution in [0.15, 0.2) is 24.3 Å². The first kappa shape index (κ1) is 73.9. The molecule has 0 aromatic carbocycles. The van der Waals surface area contributed by atoms with Crippen LogP contribution < -0.4 is 0 Å². The van der Waals surface area contributed by atoms with Crippen molar-refractivity contribution in [1.29, 1.82) is 0 Å². The largest absolute Gasteiger partial charge is 0.462 e.